The highest BCUT2D eigenvalue weighted by molar-refractivity contribution is 7.73. The molecule has 5 nitrogen and oxygen atoms in total. The molecule has 0 aromatic heterocycles. The van der Waals surface area contributed by atoms with E-state index < -0.39 is 26.7 Å². The molecular weight excluding hydrogens is 204 g/mol. The van der Waals surface area contributed by atoms with Crippen LogP contribution in [0.2, 0.25) is 0 Å². The van der Waals surface area contributed by atoms with Gasteiger partial charge in [-0.05, 0) is 0 Å². The molecule has 0 aliphatic carbocycles. The predicted molar refractivity (Wildman–Crippen MR) is 47.2 cm³/mol. The predicted octanol–water partition coefficient (Wildman–Crippen LogP) is -1.49. The fourth-order valence-electron chi connectivity index (χ4n) is 0.260. The molecule has 70 valence electrons. The summed E-state index contributed by atoms with van der Waals surface area (Å²) in [6, 6.07) is 0. The topological polar surface area (TPSA) is 88.5 Å². The average molecular weight is 212 g/mol. The Balaban J connectivity index is 0. The molecule has 0 saturated carbocycles. The Morgan fingerprint density at radius 1 is 1.00 bits per heavy atom. The summed E-state index contributed by atoms with van der Waals surface area (Å²) in [6.45, 7) is 6.00. The zero-order chi connectivity index (χ0) is 10.1. The summed E-state index contributed by atoms with van der Waals surface area (Å²) in [6.07, 6.45) is -1.56. The van der Waals surface area contributed by atoms with Crippen LogP contribution in [0.4, 0.5) is 0 Å². The summed E-state index contributed by atoms with van der Waals surface area (Å²) in [5.41, 5.74) is 0. The Kier molecular flexibility index (Phi) is 9.31. The van der Waals surface area contributed by atoms with E-state index in [0.717, 1.165) is 0 Å². The standard InChI is InChI=1S/C3H4O5S2.C2H4/c4-3(1-9(5)6)2-10(7)8;1-2/h1-4H;1-2H2. The molecule has 0 saturated heterocycles. The van der Waals surface area contributed by atoms with Gasteiger partial charge >= 0.3 is 0 Å². The van der Waals surface area contributed by atoms with Crippen LogP contribution in [0.1, 0.15) is 0 Å². The minimum atomic E-state index is -2.54. The van der Waals surface area contributed by atoms with Gasteiger partial charge in [0, 0.05) is 0 Å². The third-order valence-electron chi connectivity index (χ3n) is 0.501. The van der Waals surface area contributed by atoms with Gasteiger partial charge in [-0.25, -0.2) is 0 Å². The fourth-order valence-corrected chi connectivity index (χ4v) is 0.972. The summed E-state index contributed by atoms with van der Waals surface area (Å²) in [5, 5.41) is 9.40. The van der Waals surface area contributed by atoms with Crippen LogP contribution in [-0.2, 0) is 20.6 Å². The SMILES string of the molecule is C=C.O=S(=O)=CC(O)C=S(=O)=O. The van der Waals surface area contributed by atoms with Gasteiger partial charge in [0.25, 0.3) is 0 Å². The highest BCUT2D eigenvalue weighted by atomic mass is 32.2. The molecule has 0 spiro atoms. The van der Waals surface area contributed by atoms with Crippen molar-refractivity contribution < 1.29 is 21.9 Å². The second-order valence-electron chi connectivity index (χ2n) is 1.28. The number of aliphatic hydroxyl groups excluding tert-OH is 1. The minimum absolute atomic E-state index is 0.454. The molecule has 0 amide bonds. The van der Waals surface area contributed by atoms with Gasteiger partial charge < -0.3 is 5.11 Å². The highest BCUT2D eigenvalue weighted by Crippen LogP contribution is 1.65. The summed E-state index contributed by atoms with van der Waals surface area (Å²) in [4.78, 5) is 0. The number of hydrogen-bond donors (Lipinski definition) is 1. The van der Waals surface area contributed by atoms with Crippen molar-refractivity contribution in [3.05, 3.63) is 13.2 Å². The summed E-state index contributed by atoms with van der Waals surface area (Å²) in [5.74, 6) is 0. The normalized spacial score (nSPS) is 7.83. The third-order valence-corrected chi connectivity index (χ3v) is 1.50. The molecule has 0 fully saturated rings. The van der Waals surface area contributed by atoms with E-state index in [2.05, 4.69) is 13.2 Å². The lowest BCUT2D eigenvalue weighted by Gasteiger charge is -1.84. The number of aliphatic hydroxyl groups is 1. The summed E-state index contributed by atoms with van der Waals surface area (Å²) >= 11 is 0. The molecule has 1 N–H and O–H groups in total. The zero-order valence-corrected chi connectivity index (χ0v) is 7.68. The molecule has 0 unspecified atom stereocenters. The molecule has 0 heterocycles. The van der Waals surface area contributed by atoms with Crippen molar-refractivity contribution in [2.45, 2.75) is 6.10 Å². The Labute approximate surface area is 73.0 Å². The van der Waals surface area contributed by atoms with E-state index in [0.29, 0.717) is 10.7 Å². The first-order valence-electron chi connectivity index (χ1n) is 2.56. The quantitative estimate of drug-likeness (QED) is 0.445. The third kappa shape index (κ3) is 11.8. The largest absolute Gasteiger partial charge is 0.383 e. The van der Waals surface area contributed by atoms with E-state index in [1.165, 1.54) is 0 Å². The Bertz CT molecular complexity index is 309. The lowest BCUT2D eigenvalue weighted by atomic mass is 10.5. The monoisotopic (exact) mass is 212 g/mol. The second-order valence-corrected chi connectivity index (χ2v) is 2.87. The smallest absolute Gasteiger partial charge is 0.212 e. The Hall–Kier alpha value is -0.920. The highest BCUT2D eigenvalue weighted by Gasteiger charge is 1.93. The van der Waals surface area contributed by atoms with Crippen LogP contribution in [0.3, 0.4) is 0 Å². The molecule has 0 aromatic carbocycles. The average Bonchev–Trinajstić information content (AvgIpc) is 1.87. The Morgan fingerprint density at radius 2 is 1.25 bits per heavy atom. The molecular formula is C5H8O5S2. The maximum atomic E-state index is 9.75. The molecule has 7 heteroatoms. The molecule has 0 aromatic rings. The van der Waals surface area contributed by atoms with E-state index in [1.807, 2.05) is 0 Å². The molecule has 0 atom stereocenters. The van der Waals surface area contributed by atoms with Gasteiger partial charge in [0.1, 0.15) is 6.10 Å². The summed E-state index contributed by atoms with van der Waals surface area (Å²) in [7, 11) is -5.08. The van der Waals surface area contributed by atoms with Crippen LogP contribution in [0.25, 0.3) is 0 Å². The van der Waals surface area contributed by atoms with E-state index >= 15 is 0 Å². The summed E-state index contributed by atoms with van der Waals surface area (Å²) < 4.78 is 39.0. The van der Waals surface area contributed by atoms with Crippen LogP contribution in [0.5, 0.6) is 0 Å². The van der Waals surface area contributed by atoms with Gasteiger partial charge in [-0.1, -0.05) is 0 Å². The van der Waals surface area contributed by atoms with Gasteiger partial charge in [-0.3, -0.25) is 0 Å². The molecule has 0 rings (SSSR count). The van der Waals surface area contributed by atoms with Crippen molar-refractivity contribution in [3.8, 4) is 0 Å². The Morgan fingerprint density at radius 3 is 1.42 bits per heavy atom. The first-order chi connectivity index (χ1) is 5.52. The van der Waals surface area contributed by atoms with Gasteiger partial charge in [-0.2, -0.15) is 16.8 Å². The molecule has 0 bridgehead atoms. The lowest BCUT2D eigenvalue weighted by Crippen LogP contribution is -2.10. The second kappa shape index (κ2) is 8.18. The van der Waals surface area contributed by atoms with Crippen molar-refractivity contribution in [1.82, 2.24) is 0 Å². The maximum Gasteiger partial charge on any atom is 0.212 e. The number of rotatable bonds is 2. The van der Waals surface area contributed by atoms with Crippen LogP contribution in [-0.4, -0.2) is 38.8 Å². The van der Waals surface area contributed by atoms with Crippen LogP contribution in [0, 0.1) is 0 Å². The van der Waals surface area contributed by atoms with Crippen LogP contribution < -0.4 is 0 Å². The van der Waals surface area contributed by atoms with E-state index in [4.69, 9.17) is 5.11 Å². The van der Waals surface area contributed by atoms with Crippen LogP contribution in [0.15, 0.2) is 13.2 Å². The molecule has 0 aliphatic heterocycles. The first-order valence-corrected chi connectivity index (χ1v) is 4.84. The van der Waals surface area contributed by atoms with Crippen molar-refractivity contribution in [2.75, 3.05) is 0 Å². The molecule has 0 aliphatic rings. The molecule has 12 heavy (non-hydrogen) atoms. The van der Waals surface area contributed by atoms with E-state index in [9.17, 15) is 16.8 Å². The maximum absolute atomic E-state index is 9.75. The van der Waals surface area contributed by atoms with Crippen molar-refractivity contribution >= 4 is 31.3 Å². The number of hydrogen-bond acceptors (Lipinski definition) is 5. The fraction of sp³-hybridized carbons (Fsp3) is 0.200. The minimum Gasteiger partial charge on any atom is -0.383 e. The van der Waals surface area contributed by atoms with Gasteiger partial charge in [0.2, 0.25) is 20.6 Å². The first kappa shape index (κ1) is 13.7. The zero-order valence-electron chi connectivity index (χ0n) is 6.04. The van der Waals surface area contributed by atoms with Gasteiger partial charge in [0.05, 0.1) is 10.7 Å². The van der Waals surface area contributed by atoms with E-state index in [1.54, 1.807) is 0 Å². The van der Waals surface area contributed by atoms with Crippen molar-refractivity contribution in [3.63, 3.8) is 0 Å². The van der Waals surface area contributed by atoms with Crippen molar-refractivity contribution in [1.29, 1.82) is 0 Å². The van der Waals surface area contributed by atoms with Gasteiger partial charge in [0.15, 0.2) is 0 Å². The van der Waals surface area contributed by atoms with Crippen LogP contribution >= 0.6 is 0 Å². The lowest BCUT2D eigenvalue weighted by molar-refractivity contribution is 0.318. The van der Waals surface area contributed by atoms with Crippen molar-refractivity contribution in [2.24, 2.45) is 0 Å². The van der Waals surface area contributed by atoms with E-state index in [-0.39, 0.29) is 0 Å². The van der Waals surface area contributed by atoms with Gasteiger partial charge in [-0.15, -0.1) is 13.2 Å². The molecule has 0 radical (unpaired) electrons.